The standard InChI is InChI=1S/C20H20N4O/c1-14-7-9-16(10-8-14)13-20(25)22-19-12-11-18(23-24-19)21-17-6-4-3-5-15(17)2/h3-12H,13H2,1-2H3,(H,21,23)(H,22,24,25). The van der Waals surface area contributed by atoms with E-state index >= 15 is 0 Å². The Morgan fingerprint density at radius 1 is 0.880 bits per heavy atom. The number of carbonyl (C=O) groups excluding carboxylic acids is 1. The molecule has 25 heavy (non-hydrogen) atoms. The van der Waals surface area contributed by atoms with Gasteiger partial charge in [-0.2, -0.15) is 0 Å². The number of amides is 1. The van der Waals surface area contributed by atoms with Gasteiger partial charge in [-0.1, -0.05) is 48.0 Å². The predicted molar refractivity (Wildman–Crippen MR) is 100 cm³/mol. The predicted octanol–water partition coefficient (Wildman–Crippen LogP) is 4.02. The SMILES string of the molecule is Cc1ccc(CC(=O)Nc2ccc(Nc3ccccc3C)nn2)cc1. The Hall–Kier alpha value is -3.21. The molecule has 2 aromatic carbocycles. The molecule has 0 saturated heterocycles. The first-order chi connectivity index (χ1) is 12.1. The van der Waals surface area contributed by atoms with Crippen molar-refractivity contribution < 1.29 is 4.79 Å². The molecule has 2 N–H and O–H groups in total. The first-order valence-electron chi connectivity index (χ1n) is 8.12. The number of rotatable bonds is 5. The summed E-state index contributed by atoms with van der Waals surface area (Å²) < 4.78 is 0. The van der Waals surface area contributed by atoms with E-state index in [9.17, 15) is 4.79 Å². The summed E-state index contributed by atoms with van der Waals surface area (Å²) in [5.74, 6) is 0.955. The topological polar surface area (TPSA) is 66.9 Å². The van der Waals surface area contributed by atoms with Crippen molar-refractivity contribution >= 4 is 23.2 Å². The highest BCUT2D eigenvalue weighted by atomic mass is 16.1. The number of aryl methyl sites for hydroxylation is 2. The van der Waals surface area contributed by atoms with E-state index in [0.717, 1.165) is 16.8 Å². The lowest BCUT2D eigenvalue weighted by Gasteiger charge is -2.09. The average Bonchev–Trinajstić information content (AvgIpc) is 2.61. The summed E-state index contributed by atoms with van der Waals surface area (Å²) in [7, 11) is 0. The van der Waals surface area contributed by atoms with Crippen LogP contribution in [0.15, 0.2) is 60.7 Å². The van der Waals surface area contributed by atoms with E-state index in [1.165, 1.54) is 5.56 Å². The number of nitrogens with one attached hydrogen (secondary N) is 2. The summed E-state index contributed by atoms with van der Waals surface area (Å²) in [5, 5.41) is 14.1. The van der Waals surface area contributed by atoms with Crippen LogP contribution in [-0.2, 0) is 11.2 Å². The number of benzene rings is 2. The maximum atomic E-state index is 12.1. The highest BCUT2D eigenvalue weighted by Gasteiger charge is 2.06. The smallest absolute Gasteiger partial charge is 0.229 e. The van der Waals surface area contributed by atoms with Gasteiger partial charge in [-0.15, -0.1) is 10.2 Å². The van der Waals surface area contributed by atoms with Crippen LogP contribution in [0, 0.1) is 13.8 Å². The second-order valence-electron chi connectivity index (χ2n) is 5.95. The summed E-state index contributed by atoms with van der Waals surface area (Å²) in [6, 6.07) is 19.4. The van der Waals surface area contributed by atoms with Crippen LogP contribution in [-0.4, -0.2) is 16.1 Å². The fourth-order valence-corrected chi connectivity index (χ4v) is 2.40. The van der Waals surface area contributed by atoms with Gasteiger partial charge in [0.2, 0.25) is 5.91 Å². The molecule has 0 aliphatic heterocycles. The van der Waals surface area contributed by atoms with Crippen LogP contribution in [0.1, 0.15) is 16.7 Å². The van der Waals surface area contributed by atoms with Crippen molar-refractivity contribution in [1.29, 1.82) is 0 Å². The van der Waals surface area contributed by atoms with Crippen LogP contribution >= 0.6 is 0 Å². The Labute approximate surface area is 147 Å². The Morgan fingerprint density at radius 3 is 2.24 bits per heavy atom. The molecule has 0 spiro atoms. The van der Waals surface area contributed by atoms with Crippen molar-refractivity contribution in [3.63, 3.8) is 0 Å². The Bertz CT molecular complexity index is 858. The summed E-state index contributed by atoms with van der Waals surface area (Å²) in [4.78, 5) is 12.1. The molecule has 3 aromatic rings. The van der Waals surface area contributed by atoms with Crippen LogP contribution < -0.4 is 10.6 Å². The lowest BCUT2D eigenvalue weighted by Crippen LogP contribution is -2.15. The van der Waals surface area contributed by atoms with E-state index in [0.29, 0.717) is 18.1 Å². The third-order valence-electron chi connectivity index (χ3n) is 3.83. The molecule has 0 fully saturated rings. The van der Waals surface area contributed by atoms with Gasteiger partial charge in [-0.3, -0.25) is 4.79 Å². The van der Waals surface area contributed by atoms with E-state index in [1.54, 1.807) is 12.1 Å². The molecule has 0 aliphatic rings. The average molecular weight is 332 g/mol. The van der Waals surface area contributed by atoms with Crippen molar-refractivity contribution in [2.24, 2.45) is 0 Å². The first-order valence-corrected chi connectivity index (χ1v) is 8.12. The second-order valence-corrected chi connectivity index (χ2v) is 5.95. The fraction of sp³-hybridized carbons (Fsp3) is 0.150. The molecular formula is C20H20N4O. The van der Waals surface area contributed by atoms with E-state index < -0.39 is 0 Å². The summed E-state index contributed by atoms with van der Waals surface area (Å²) in [5.41, 5.74) is 4.24. The molecule has 3 rings (SSSR count). The lowest BCUT2D eigenvalue weighted by molar-refractivity contribution is -0.115. The molecule has 0 bridgehead atoms. The van der Waals surface area contributed by atoms with Gasteiger partial charge in [-0.25, -0.2) is 0 Å². The molecule has 1 amide bonds. The van der Waals surface area contributed by atoms with Gasteiger partial charge in [0.1, 0.15) is 0 Å². The molecule has 5 heteroatoms. The van der Waals surface area contributed by atoms with Crippen molar-refractivity contribution in [2.45, 2.75) is 20.3 Å². The normalized spacial score (nSPS) is 10.3. The van der Waals surface area contributed by atoms with Crippen LogP contribution in [0.2, 0.25) is 0 Å². The Morgan fingerprint density at radius 2 is 1.56 bits per heavy atom. The number of para-hydroxylation sites is 1. The Kier molecular flexibility index (Phi) is 5.04. The number of hydrogen-bond donors (Lipinski definition) is 2. The zero-order valence-electron chi connectivity index (χ0n) is 14.3. The van der Waals surface area contributed by atoms with Gasteiger partial charge in [0.25, 0.3) is 0 Å². The van der Waals surface area contributed by atoms with E-state index in [-0.39, 0.29) is 5.91 Å². The molecule has 0 aliphatic carbocycles. The molecule has 0 saturated carbocycles. The maximum absolute atomic E-state index is 12.1. The van der Waals surface area contributed by atoms with Crippen LogP contribution in [0.25, 0.3) is 0 Å². The minimum absolute atomic E-state index is 0.113. The van der Waals surface area contributed by atoms with Crippen LogP contribution in [0.4, 0.5) is 17.3 Å². The number of hydrogen-bond acceptors (Lipinski definition) is 4. The summed E-state index contributed by atoms with van der Waals surface area (Å²) in [6.45, 7) is 4.04. The van der Waals surface area contributed by atoms with Gasteiger partial charge in [0.15, 0.2) is 11.6 Å². The largest absolute Gasteiger partial charge is 0.339 e. The highest BCUT2D eigenvalue weighted by molar-refractivity contribution is 5.91. The number of aromatic nitrogens is 2. The van der Waals surface area contributed by atoms with Crippen LogP contribution in [0.3, 0.4) is 0 Å². The first kappa shape index (κ1) is 16.6. The van der Waals surface area contributed by atoms with E-state index in [1.807, 2.05) is 62.4 Å². The zero-order valence-corrected chi connectivity index (χ0v) is 14.3. The molecule has 1 aromatic heterocycles. The highest BCUT2D eigenvalue weighted by Crippen LogP contribution is 2.18. The minimum atomic E-state index is -0.113. The lowest BCUT2D eigenvalue weighted by atomic mass is 10.1. The molecule has 0 atom stereocenters. The summed E-state index contributed by atoms with van der Waals surface area (Å²) in [6.07, 6.45) is 0.311. The number of nitrogens with zero attached hydrogens (tertiary/aromatic N) is 2. The monoisotopic (exact) mass is 332 g/mol. The van der Waals surface area contributed by atoms with Gasteiger partial charge < -0.3 is 10.6 Å². The third kappa shape index (κ3) is 4.64. The number of anilines is 3. The summed E-state index contributed by atoms with van der Waals surface area (Å²) >= 11 is 0. The van der Waals surface area contributed by atoms with E-state index in [4.69, 9.17) is 0 Å². The maximum Gasteiger partial charge on any atom is 0.229 e. The molecule has 0 radical (unpaired) electrons. The van der Waals surface area contributed by atoms with Gasteiger partial charge >= 0.3 is 0 Å². The van der Waals surface area contributed by atoms with Crippen molar-refractivity contribution in [3.8, 4) is 0 Å². The third-order valence-corrected chi connectivity index (χ3v) is 3.83. The van der Waals surface area contributed by atoms with Crippen LogP contribution in [0.5, 0.6) is 0 Å². The molecule has 0 unspecified atom stereocenters. The van der Waals surface area contributed by atoms with Crippen molar-refractivity contribution in [2.75, 3.05) is 10.6 Å². The molecule has 1 heterocycles. The Balaban J connectivity index is 1.59. The number of carbonyl (C=O) groups is 1. The molecule has 126 valence electrons. The molecular weight excluding hydrogens is 312 g/mol. The zero-order chi connectivity index (χ0) is 17.6. The van der Waals surface area contributed by atoms with Gasteiger partial charge in [0, 0.05) is 5.69 Å². The van der Waals surface area contributed by atoms with E-state index in [2.05, 4.69) is 20.8 Å². The van der Waals surface area contributed by atoms with Gasteiger partial charge in [-0.05, 0) is 43.2 Å². The fourth-order valence-electron chi connectivity index (χ4n) is 2.40. The van der Waals surface area contributed by atoms with Crippen molar-refractivity contribution in [1.82, 2.24) is 10.2 Å². The van der Waals surface area contributed by atoms with Gasteiger partial charge in [0.05, 0.1) is 6.42 Å². The second kappa shape index (κ2) is 7.57. The quantitative estimate of drug-likeness (QED) is 0.740. The minimum Gasteiger partial charge on any atom is -0.339 e. The molecule has 5 nitrogen and oxygen atoms in total. The van der Waals surface area contributed by atoms with Crippen molar-refractivity contribution in [3.05, 3.63) is 77.4 Å².